The van der Waals surface area contributed by atoms with Crippen molar-refractivity contribution in [1.29, 1.82) is 0 Å². The van der Waals surface area contributed by atoms with Gasteiger partial charge in [-0.2, -0.15) is 0 Å². The number of fused-ring (bicyclic) bond motifs is 1. The molecular formula is C22H22O4. The molecule has 0 amide bonds. The summed E-state index contributed by atoms with van der Waals surface area (Å²) in [4.78, 5) is 25.1. The fraction of sp³-hybridized carbons (Fsp3) is 0.273. The third-order valence-electron chi connectivity index (χ3n) is 4.99. The van der Waals surface area contributed by atoms with Crippen LogP contribution in [0.2, 0.25) is 0 Å². The Morgan fingerprint density at radius 1 is 0.962 bits per heavy atom. The Balaban J connectivity index is 2.04. The molecule has 2 aromatic carbocycles. The van der Waals surface area contributed by atoms with Crippen molar-refractivity contribution in [2.75, 3.05) is 14.2 Å². The number of carbonyl (C=O) groups is 2. The maximum absolute atomic E-state index is 12.6. The summed E-state index contributed by atoms with van der Waals surface area (Å²) in [6, 6.07) is 17.8. The van der Waals surface area contributed by atoms with Crippen molar-refractivity contribution in [3.8, 4) is 0 Å². The van der Waals surface area contributed by atoms with Crippen molar-refractivity contribution >= 4 is 18.0 Å². The molecule has 0 bridgehead atoms. The zero-order valence-corrected chi connectivity index (χ0v) is 15.0. The Morgan fingerprint density at radius 2 is 1.58 bits per heavy atom. The van der Waals surface area contributed by atoms with Gasteiger partial charge in [0, 0.05) is 5.92 Å². The second-order valence-corrected chi connectivity index (χ2v) is 6.52. The number of esters is 2. The number of ether oxygens (including phenoxy) is 2. The van der Waals surface area contributed by atoms with Crippen LogP contribution in [0.1, 0.15) is 29.0 Å². The fourth-order valence-electron chi connectivity index (χ4n) is 3.69. The summed E-state index contributed by atoms with van der Waals surface area (Å²) in [5.41, 5.74) is 1.85. The lowest BCUT2D eigenvalue weighted by Crippen LogP contribution is -2.46. The lowest BCUT2D eigenvalue weighted by molar-refractivity contribution is -0.170. The van der Waals surface area contributed by atoms with Crippen LogP contribution >= 0.6 is 0 Å². The van der Waals surface area contributed by atoms with Crippen LogP contribution in [0, 0.1) is 5.41 Å². The number of carbonyl (C=O) groups excluding carboxylic acids is 2. The molecule has 0 fully saturated rings. The molecule has 134 valence electrons. The van der Waals surface area contributed by atoms with E-state index in [1.807, 2.05) is 66.7 Å². The molecule has 0 aromatic heterocycles. The van der Waals surface area contributed by atoms with Gasteiger partial charge in [-0.1, -0.05) is 66.7 Å². The molecule has 1 aliphatic carbocycles. The van der Waals surface area contributed by atoms with Gasteiger partial charge in [-0.25, -0.2) is 0 Å². The van der Waals surface area contributed by atoms with Crippen molar-refractivity contribution in [3.63, 3.8) is 0 Å². The Bertz CT molecular complexity index is 807. The standard InChI is InChI=1S/C22H22O4/c1-25-20(23)22(21(24)26-2)14-17-10-6-7-11-19(17)18(15-22)13-12-16-8-4-3-5-9-16/h3-13,18H,14-15H2,1-2H3/b13-12+. The van der Waals surface area contributed by atoms with Crippen LogP contribution in [0.3, 0.4) is 0 Å². The minimum atomic E-state index is -1.32. The minimum absolute atomic E-state index is 0.0849. The molecule has 0 N–H and O–H groups in total. The number of methoxy groups -OCH3 is 2. The van der Waals surface area contributed by atoms with Gasteiger partial charge in [-0.15, -0.1) is 0 Å². The molecule has 3 rings (SSSR count). The second kappa shape index (κ2) is 7.56. The van der Waals surface area contributed by atoms with Crippen molar-refractivity contribution in [1.82, 2.24) is 0 Å². The number of hydrogen-bond donors (Lipinski definition) is 0. The largest absolute Gasteiger partial charge is 0.468 e. The summed E-state index contributed by atoms with van der Waals surface area (Å²) in [5.74, 6) is -1.17. The van der Waals surface area contributed by atoms with Gasteiger partial charge in [0.1, 0.15) is 0 Å². The predicted octanol–water partition coefficient (Wildman–Crippen LogP) is 3.76. The van der Waals surface area contributed by atoms with Crippen LogP contribution in [0.15, 0.2) is 60.7 Å². The van der Waals surface area contributed by atoms with E-state index in [2.05, 4.69) is 0 Å². The molecule has 0 spiro atoms. The molecule has 0 saturated carbocycles. The average molecular weight is 350 g/mol. The van der Waals surface area contributed by atoms with Gasteiger partial charge in [-0.3, -0.25) is 9.59 Å². The normalized spacial score (nSPS) is 18.2. The lowest BCUT2D eigenvalue weighted by Gasteiger charge is -2.36. The number of benzene rings is 2. The van der Waals surface area contributed by atoms with Crippen molar-refractivity contribution in [2.24, 2.45) is 5.41 Å². The molecule has 0 radical (unpaired) electrons. The number of allylic oxidation sites excluding steroid dienone is 1. The highest BCUT2D eigenvalue weighted by Gasteiger charge is 2.52. The average Bonchev–Trinajstić information content (AvgIpc) is 2.71. The molecular weight excluding hydrogens is 328 g/mol. The first-order valence-electron chi connectivity index (χ1n) is 8.58. The molecule has 0 heterocycles. The van der Waals surface area contributed by atoms with Crippen LogP contribution < -0.4 is 0 Å². The van der Waals surface area contributed by atoms with E-state index in [4.69, 9.17) is 9.47 Å². The summed E-state index contributed by atoms with van der Waals surface area (Å²) < 4.78 is 9.96. The Hall–Kier alpha value is -2.88. The van der Waals surface area contributed by atoms with E-state index in [1.165, 1.54) is 14.2 Å². The SMILES string of the molecule is COC(=O)C1(C(=O)OC)Cc2ccccc2C(/C=C/c2ccccc2)C1. The van der Waals surface area contributed by atoms with Crippen LogP contribution in [-0.2, 0) is 25.5 Å². The molecule has 1 atom stereocenters. The van der Waals surface area contributed by atoms with Crippen molar-refractivity contribution in [3.05, 3.63) is 77.4 Å². The summed E-state index contributed by atoms with van der Waals surface area (Å²) in [7, 11) is 2.62. The Morgan fingerprint density at radius 3 is 2.23 bits per heavy atom. The quantitative estimate of drug-likeness (QED) is 0.622. The van der Waals surface area contributed by atoms with Crippen molar-refractivity contribution < 1.29 is 19.1 Å². The fourth-order valence-corrected chi connectivity index (χ4v) is 3.69. The highest BCUT2D eigenvalue weighted by Crippen LogP contribution is 2.45. The highest BCUT2D eigenvalue weighted by atomic mass is 16.5. The highest BCUT2D eigenvalue weighted by molar-refractivity contribution is 6.01. The van der Waals surface area contributed by atoms with E-state index >= 15 is 0 Å². The molecule has 2 aromatic rings. The molecule has 26 heavy (non-hydrogen) atoms. The third kappa shape index (κ3) is 3.27. The molecule has 1 aliphatic rings. The van der Waals surface area contributed by atoms with E-state index in [9.17, 15) is 9.59 Å². The van der Waals surface area contributed by atoms with Crippen LogP contribution in [0.4, 0.5) is 0 Å². The molecule has 0 aliphatic heterocycles. The maximum atomic E-state index is 12.6. The zero-order valence-electron chi connectivity index (χ0n) is 15.0. The Kier molecular flexibility index (Phi) is 5.21. The summed E-state index contributed by atoms with van der Waals surface area (Å²) in [6.45, 7) is 0. The van der Waals surface area contributed by atoms with Crippen molar-refractivity contribution in [2.45, 2.75) is 18.8 Å². The second-order valence-electron chi connectivity index (χ2n) is 6.52. The van der Waals surface area contributed by atoms with Gasteiger partial charge in [0.15, 0.2) is 5.41 Å². The summed E-state index contributed by atoms with van der Waals surface area (Å²) in [6.07, 6.45) is 4.69. The zero-order chi connectivity index (χ0) is 18.6. The van der Waals surface area contributed by atoms with E-state index in [-0.39, 0.29) is 12.3 Å². The van der Waals surface area contributed by atoms with Gasteiger partial charge >= 0.3 is 11.9 Å². The molecule has 0 saturated heterocycles. The van der Waals surface area contributed by atoms with E-state index < -0.39 is 17.4 Å². The first-order valence-corrected chi connectivity index (χ1v) is 8.58. The minimum Gasteiger partial charge on any atom is -0.468 e. The monoisotopic (exact) mass is 350 g/mol. The van der Waals surface area contributed by atoms with Gasteiger partial charge in [0.05, 0.1) is 14.2 Å². The van der Waals surface area contributed by atoms with E-state index in [0.29, 0.717) is 6.42 Å². The van der Waals surface area contributed by atoms with E-state index in [0.717, 1.165) is 16.7 Å². The first-order chi connectivity index (χ1) is 12.6. The van der Waals surface area contributed by atoms with Crippen LogP contribution in [0.25, 0.3) is 6.08 Å². The first kappa shape index (κ1) is 17.9. The van der Waals surface area contributed by atoms with Crippen LogP contribution in [-0.4, -0.2) is 26.2 Å². The predicted molar refractivity (Wildman–Crippen MR) is 99.4 cm³/mol. The van der Waals surface area contributed by atoms with Gasteiger partial charge in [0.2, 0.25) is 0 Å². The smallest absolute Gasteiger partial charge is 0.323 e. The molecule has 1 unspecified atom stereocenters. The molecule has 4 heteroatoms. The third-order valence-corrected chi connectivity index (χ3v) is 4.99. The molecule has 4 nitrogen and oxygen atoms in total. The Labute approximate surface area is 153 Å². The maximum Gasteiger partial charge on any atom is 0.323 e. The van der Waals surface area contributed by atoms with E-state index in [1.54, 1.807) is 0 Å². The number of rotatable bonds is 4. The lowest BCUT2D eigenvalue weighted by atomic mass is 9.66. The van der Waals surface area contributed by atoms with Crippen LogP contribution in [0.5, 0.6) is 0 Å². The van der Waals surface area contributed by atoms with Gasteiger partial charge in [0.25, 0.3) is 0 Å². The summed E-state index contributed by atoms with van der Waals surface area (Å²) in [5, 5.41) is 0. The summed E-state index contributed by atoms with van der Waals surface area (Å²) >= 11 is 0. The van der Waals surface area contributed by atoms with Gasteiger partial charge < -0.3 is 9.47 Å². The topological polar surface area (TPSA) is 52.6 Å². The number of hydrogen-bond acceptors (Lipinski definition) is 4. The van der Waals surface area contributed by atoms with Gasteiger partial charge in [-0.05, 0) is 29.5 Å².